The van der Waals surface area contributed by atoms with Gasteiger partial charge in [0, 0.05) is 11.2 Å². The number of carboxylic acids is 1. The Balaban J connectivity index is 1.93. The molecular formula is C22H15ClN4O7S. The molecule has 0 saturated heterocycles. The zero-order valence-corrected chi connectivity index (χ0v) is 19.2. The summed E-state index contributed by atoms with van der Waals surface area (Å²) in [6.07, 6.45) is 2.87. The molecule has 2 heterocycles. The van der Waals surface area contributed by atoms with E-state index < -0.39 is 44.6 Å². The summed E-state index contributed by atoms with van der Waals surface area (Å²) in [6.45, 7) is -0.657. The average Bonchev–Trinajstić information content (AvgIpc) is 2.82. The lowest BCUT2D eigenvalue weighted by molar-refractivity contribution is -0.116. The number of carbonyl (C=O) groups is 2. The van der Waals surface area contributed by atoms with E-state index >= 15 is 0 Å². The van der Waals surface area contributed by atoms with E-state index in [2.05, 4.69) is 10.3 Å². The van der Waals surface area contributed by atoms with Crippen LogP contribution in [0.25, 0.3) is 10.9 Å². The number of fused-ring (bicyclic) bond motifs is 1. The Bertz CT molecular complexity index is 1710. The number of aromatic nitrogens is 3. The van der Waals surface area contributed by atoms with Crippen molar-refractivity contribution in [3.05, 3.63) is 98.4 Å². The van der Waals surface area contributed by atoms with E-state index in [1.165, 1.54) is 36.7 Å². The van der Waals surface area contributed by atoms with Gasteiger partial charge in [-0.3, -0.25) is 19.1 Å². The van der Waals surface area contributed by atoms with Crippen molar-refractivity contribution in [2.45, 2.75) is 11.4 Å². The van der Waals surface area contributed by atoms with Gasteiger partial charge >= 0.3 is 11.7 Å². The van der Waals surface area contributed by atoms with Gasteiger partial charge in [0.25, 0.3) is 15.6 Å². The maximum Gasteiger partial charge on any atom is 0.346 e. The molecule has 2 N–H and O–H groups in total. The summed E-state index contributed by atoms with van der Waals surface area (Å²) in [7, 11) is -4.84. The summed E-state index contributed by atoms with van der Waals surface area (Å²) in [6, 6.07) is 11.2. The van der Waals surface area contributed by atoms with Crippen molar-refractivity contribution in [3.63, 3.8) is 0 Å². The van der Waals surface area contributed by atoms with Crippen molar-refractivity contribution in [1.29, 1.82) is 0 Å². The van der Waals surface area contributed by atoms with Crippen LogP contribution in [0.1, 0.15) is 10.4 Å². The Morgan fingerprint density at radius 2 is 1.83 bits per heavy atom. The lowest BCUT2D eigenvalue weighted by Crippen LogP contribution is -2.45. The standard InChI is InChI=1S/C22H15ClN4O7S/c23-14-6-7-17-18(10-14)26(12-19(28)25-15-4-2-8-24-11-15)22(32)27(20(17)29)35(33,34)16-5-1-3-13(9-16)21(30)31/h1-11H,12H2,(H,25,28)(H,30,31). The highest BCUT2D eigenvalue weighted by Crippen LogP contribution is 2.18. The molecule has 0 aliphatic rings. The van der Waals surface area contributed by atoms with E-state index in [0.29, 0.717) is 5.69 Å². The summed E-state index contributed by atoms with van der Waals surface area (Å²) >= 11 is 6.03. The van der Waals surface area contributed by atoms with Crippen LogP contribution in [-0.2, 0) is 21.4 Å². The first kappa shape index (κ1) is 23.9. The van der Waals surface area contributed by atoms with E-state index in [1.54, 1.807) is 12.1 Å². The summed E-state index contributed by atoms with van der Waals surface area (Å²) in [4.78, 5) is 53.7. The first-order valence-electron chi connectivity index (χ1n) is 9.83. The van der Waals surface area contributed by atoms with Gasteiger partial charge < -0.3 is 10.4 Å². The Morgan fingerprint density at radius 3 is 2.51 bits per heavy atom. The third-order valence-corrected chi connectivity index (χ3v) is 6.82. The fourth-order valence-electron chi connectivity index (χ4n) is 3.36. The number of rotatable bonds is 6. The second-order valence-electron chi connectivity index (χ2n) is 7.23. The maximum atomic E-state index is 13.3. The largest absolute Gasteiger partial charge is 0.478 e. The van der Waals surface area contributed by atoms with Gasteiger partial charge in [0.1, 0.15) is 6.54 Å². The van der Waals surface area contributed by atoms with E-state index in [4.69, 9.17) is 11.6 Å². The lowest BCUT2D eigenvalue weighted by atomic mass is 10.2. The SMILES string of the molecule is O=C(Cn1c(=O)n(S(=O)(=O)c2cccc(C(=O)O)c2)c(=O)c2ccc(Cl)cc21)Nc1cccnc1. The third-order valence-electron chi connectivity index (χ3n) is 4.94. The topological polar surface area (TPSA) is 157 Å². The van der Waals surface area contributed by atoms with Gasteiger partial charge in [-0.25, -0.2) is 18.0 Å². The van der Waals surface area contributed by atoms with Crippen LogP contribution in [0, 0.1) is 0 Å². The van der Waals surface area contributed by atoms with Crippen LogP contribution in [0.3, 0.4) is 0 Å². The van der Waals surface area contributed by atoms with E-state index in [1.807, 2.05) is 0 Å². The van der Waals surface area contributed by atoms with Crippen molar-refractivity contribution < 1.29 is 23.1 Å². The van der Waals surface area contributed by atoms with E-state index in [0.717, 1.165) is 22.8 Å². The molecule has 0 spiro atoms. The molecule has 0 saturated carbocycles. The molecule has 0 aliphatic carbocycles. The van der Waals surface area contributed by atoms with Crippen molar-refractivity contribution in [2.75, 3.05) is 5.32 Å². The number of benzene rings is 2. The molecule has 11 nitrogen and oxygen atoms in total. The number of carboxylic acid groups (broad SMARTS) is 1. The van der Waals surface area contributed by atoms with Crippen molar-refractivity contribution in [2.24, 2.45) is 0 Å². The molecule has 2 aromatic heterocycles. The van der Waals surface area contributed by atoms with Crippen molar-refractivity contribution in [1.82, 2.24) is 13.5 Å². The minimum atomic E-state index is -4.84. The second kappa shape index (κ2) is 9.16. The number of hydrogen-bond acceptors (Lipinski definition) is 7. The average molecular weight is 515 g/mol. The normalized spacial score (nSPS) is 11.3. The fraction of sp³-hybridized carbons (Fsp3) is 0.0455. The second-order valence-corrected chi connectivity index (χ2v) is 9.45. The Morgan fingerprint density at radius 1 is 1.06 bits per heavy atom. The third kappa shape index (κ3) is 4.56. The summed E-state index contributed by atoms with van der Waals surface area (Å²) in [5, 5.41) is 11.7. The number of carbonyl (C=O) groups excluding carboxylic acids is 1. The van der Waals surface area contributed by atoms with Gasteiger partial charge in [-0.15, -0.1) is 3.97 Å². The maximum absolute atomic E-state index is 13.3. The first-order valence-corrected chi connectivity index (χ1v) is 11.7. The Hall–Kier alpha value is -4.29. The molecule has 0 fully saturated rings. The van der Waals surface area contributed by atoms with E-state index in [-0.39, 0.29) is 25.5 Å². The van der Waals surface area contributed by atoms with Gasteiger partial charge in [0.2, 0.25) is 5.91 Å². The van der Waals surface area contributed by atoms with Crippen LogP contribution in [-0.4, -0.2) is 38.9 Å². The minimum Gasteiger partial charge on any atom is -0.478 e. The molecule has 4 rings (SSSR count). The molecule has 0 unspecified atom stereocenters. The smallest absolute Gasteiger partial charge is 0.346 e. The van der Waals surface area contributed by atoms with Gasteiger partial charge in [0.05, 0.1) is 33.2 Å². The van der Waals surface area contributed by atoms with Crippen LogP contribution in [0.4, 0.5) is 5.69 Å². The highest BCUT2D eigenvalue weighted by atomic mass is 35.5. The summed E-state index contributed by atoms with van der Waals surface area (Å²) in [5.74, 6) is -2.09. The number of aromatic carboxylic acids is 1. The molecule has 0 atom stereocenters. The van der Waals surface area contributed by atoms with Gasteiger partial charge in [-0.05, 0) is 48.5 Å². The fourth-order valence-corrected chi connectivity index (χ4v) is 4.88. The molecule has 35 heavy (non-hydrogen) atoms. The van der Waals surface area contributed by atoms with Gasteiger partial charge in [0.15, 0.2) is 0 Å². The number of pyridine rings is 1. The quantitative estimate of drug-likeness (QED) is 0.394. The van der Waals surface area contributed by atoms with E-state index in [9.17, 15) is 32.7 Å². The van der Waals surface area contributed by atoms with Crippen LogP contribution in [0.5, 0.6) is 0 Å². The molecule has 2 aromatic carbocycles. The highest BCUT2D eigenvalue weighted by molar-refractivity contribution is 7.90. The molecule has 4 aromatic rings. The molecule has 13 heteroatoms. The zero-order valence-electron chi connectivity index (χ0n) is 17.6. The van der Waals surface area contributed by atoms with Crippen molar-refractivity contribution >= 4 is 50.1 Å². The van der Waals surface area contributed by atoms with Crippen LogP contribution < -0.4 is 16.6 Å². The summed E-state index contributed by atoms with van der Waals surface area (Å²) in [5.41, 5.74) is -2.58. The van der Waals surface area contributed by atoms with Crippen LogP contribution >= 0.6 is 11.6 Å². The number of halogens is 1. The predicted molar refractivity (Wildman–Crippen MR) is 126 cm³/mol. The Labute approximate surface area is 201 Å². The monoisotopic (exact) mass is 514 g/mol. The van der Waals surface area contributed by atoms with Gasteiger partial charge in [-0.2, -0.15) is 0 Å². The molecule has 0 radical (unpaired) electrons. The predicted octanol–water partition coefficient (Wildman–Crippen LogP) is 1.79. The first-order chi connectivity index (χ1) is 16.6. The highest BCUT2D eigenvalue weighted by Gasteiger charge is 2.27. The molecule has 1 amide bonds. The molecule has 178 valence electrons. The molecule has 0 aliphatic heterocycles. The van der Waals surface area contributed by atoms with Crippen LogP contribution in [0.15, 0.2) is 81.5 Å². The molecular weight excluding hydrogens is 500 g/mol. The Kier molecular flexibility index (Phi) is 6.24. The van der Waals surface area contributed by atoms with Crippen LogP contribution in [0.2, 0.25) is 5.02 Å². The summed E-state index contributed by atoms with van der Waals surface area (Å²) < 4.78 is 27.4. The number of nitrogens with one attached hydrogen (secondary N) is 1. The number of anilines is 1. The van der Waals surface area contributed by atoms with Gasteiger partial charge in [-0.1, -0.05) is 17.7 Å². The number of nitrogens with zero attached hydrogens (tertiary/aromatic N) is 3. The van der Waals surface area contributed by atoms with Crippen molar-refractivity contribution in [3.8, 4) is 0 Å². The minimum absolute atomic E-state index is 0.00154. The lowest BCUT2D eigenvalue weighted by Gasteiger charge is -2.15. The number of hydrogen-bond donors (Lipinski definition) is 2. The molecule has 0 bridgehead atoms. The number of amides is 1. The zero-order chi connectivity index (χ0) is 25.3.